The van der Waals surface area contributed by atoms with Crippen LogP contribution in [0.25, 0.3) is 0 Å². The number of hydrogen-bond acceptors (Lipinski definition) is 5. The first-order chi connectivity index (χ1) is 7.67. The second kappa shape index (κ2) is 6.30. The van der Waals surface area contributed by atoms with Gasteiger partial charge in [0.25, 0.3) is 0 Å². The number of methoxy groups -OCH3 is 2. The van der Waals surface area contributed by atoms with Crippen LogP contribution >= 0.6 is 0 Å². The zero-order valence-electron chi connectivity index (χ0n) is 10.0. The summed E-state index contributed by atoms with van der Waals surface area (Å²) >= 11 is 0. The van der Waals surface area contributed by atoms with E-state index in [-0.39, 0.29) is 6.04 Å². The molecule has 0 bridgehead atoms. The third-order valence-corrected chi connectivity index (χ3v) is 2.24. The average Bonchev–Trinajstić information content (AvgIpc) is 2.29. The highest BCUT2D eigenvalue weighted by molar-refractivity contribution is 5.40. The van der Waals surface area contributed by atoms with Crippen molar-refractivity contribution in [2.45, 2.75) is 6.04 Å². The van der Waals surface area contributed by atoms with Crippen LogP contribution in [0.4, 0.5) is 5.82 Å². The number of ether oxygens (including phenoxy) is 2. The summed E-state index contributed by atoms with van der Waals surface area (Å²) in [5.41, 5.74) is 5.86. The normalized spacial score (nSPS) is 12.2. The van der Waals surface area contributed by atoms with Crippen LogP contribution < -0.4 is 15.4 Å². The van der Waals surface area contributed by atoms with Crippen LogP contribution in [0.3, 0.4) is 0 Å². The summed E-state index contributed by atoms with van der Waals surface area (Å²) in [5.74, 6) is 1.62. The second-order valence-corrected chi connectivity index (χ2v) is 3.65. The van der Waals surface area contributed by atoms with E-state index < -0.39 is 0 Å². The van der Waals surface area contributed by atoms with E-state index in [1.807, 2.05) is 24.1 Å². The number of hydrogen-bond donors (Lipinski definition) is 1. The highest BCUT2D eigenvalue weighted by atomic mass is 16.5. The lowest BCUT2D eigenvalue weighted by Gasteiger charge is -2.21. The van der Waals surface area contributed by atoms with Gasteiger partial charge in [0.05, 0.1) is 19.9 Å². The Bertz CT molecular complexity index is 303. The Kier molecular flexibility index (Phi) is 5.01. The molecule has 0 amide bonds. The second-order valence-electron chi connectivity index (χ2n) is 3.65. The fraction of sp³-hybridized carbons (Fsp3) is 0.545. The lowest BCUT2D eigenvalue weighted by atomic mass is 10.3. The Balaban J connectivity index is 2.55. The lowest BCUT2D eigenvalue weighted by molar-refractivity contribution is 0.181. The molecule has 2 N–H and O–H groups in total. The number of rotatable bonds is 6. The van der Waals surface area contributed by atoms with E-state index >= 15 is 0 Å². The van der Waals surface area contributed by atoms with Gasteiger partial charge in [-0.15, -0.1) is 0 Å². The van der Waals surface area contributed by atoms with Gasteiger partial charge in [-0.3, -0.25) is 0 Å². The van der Waals surface area contributed by atoms with Crippen molar-refractivity contribution in [3.05, 3.63) is 18.3 Å². The summed E-state index contributed by atoms with van der Waals surface area (Å²) < 4.78 is 10.0. The fourth-order valence-electron chi connectivity index (χ4n) is 1.43. The Morgan fingerprint density at radius 2 is 2.19 bits per heavy atom. The minimum Gasteiger partial charge on any atom is -0.495 e. The zero-order valence-corrected chi connectivity index (χ0v) is 10.0. The molecule has 16 heavy (non-hydrogen) atoms. The van der Waals surface area contributed by atoms with Crippen molar-refractivity contribution in [3.63, 3.8) is 0 Å². The number of nitrogens with zero attached hydrogens (tertiary/aromatic N) is 2. The highest BCUT2D eigenvalue weighted by Crippen LogP contribution is 2.14. The largest absolute Gasteiger partial charge is 0.495 e. The maximum Gasteiger partial charge on any atom is 0.137 e. The first-order valence-corrected chi connectivity index (χ1v) is 5.13. The molecule has 1 atom stereocenters. The van der Waals surface area contributed by atoms with Gasteiger partial charge in [-0.1, -0.05) is 0 Å². The molecule has 0 fully saturated rings. The average molecular weight is 225 g/mol. The molecule has 1 aromatic rings. The Labute approximate surface area is 96.2 Å². The smallest absolute Gasteiger partial charge is 0.137 e. The minimum absolute atomic E-state index is 0.0149. The van der Waals surface area contributed by atoms with Gasteiger partial charge in [0.1, 0.15) is 11.6 Å². The predicted molar refractivity (Wildman–Crippen MR) is 63.9 cm³/mol. The van der Waals surface area contributed by atoms with Gasteiger partial charge in [-0.05, 0) is 12.1 Å². The molecule has 1 aromatic heterocycles. The molecule has 1 heterocycles. The van der Waals surface area contributed by atoms with Crippen molar-refractivity contribution in [2.75, 3.05) is 39.3 Å². The molecule has 0 aliphatic carbocycles. The summed E-state index contributed by atoms with van der Waals surface area (Å²) in [7, 11) is 5.21. The zero-order chi connectivity index (χ0) is 12.0. The van der Waals surface area contributed by atoms with Crippen molar-refractivity contribution in [3.8, 4) is 5.75 Å². The number of aromatic nitrogens is 1. The van der Waals surface area contributed by atoms with Crippen LogP contribution in [0.5, 0.6) is 5.75 Å². The number of likely N-dealkylation sites (N-methyl/N-ethyl adjacent to an activating group) is 1. The summed E-state index contributed by atoms with van der Waals surface area (Å²) in [5, 5.41) is 0. The van der Waals surface area contributed by atoms with Crippen molar-refractivity contribution >= 4 is 5.82 Å². The summed E-state index contributed by atoms with van der Waals surface area (Å²) in [6, 6.07) is 3.76. The molecule has 90 valence electrons. The Hall–Kier alpha value is -1.33. The van der Waals surface area contributed by atoms with Crippen LogP contribution in [0.1, 0.15) is 0 Å². The van der Waals surface area contributed by atoms with Crippen LogP contribution in [-0.2, 0) is 4.74 Å². The number of nitrogens with two attached hydrogens (primary N) is 1. The maximum absolute atomic E-state index is 5.86. The highest BCUT2D eigenvalue weighted by Gasteiger charge is 2.08. The van der Waals surface area contributed by atoms with Gasteiger partial charge in [-0.2, -0.15) is 0 Å². The molecule has 0 radical (unpaired) electrons. The van der Waals surface area contributed by atoms with Gasteiger partial charge in [0.2, 0.25) is 0 Å². The molecule has 0 saturated heterocycles. The monoisotopic (exact) mass is 225 g/mol. The van der Waals surface area contributed by atoms with Crippen molar-refractivity contribution in [2.24, 2.45) is 5.73 Å². The number of anilines is 1. The van der Waals surface area contributed by atoms with E-state index in [1.54, 1.807) is 20.4 Å². The molecule has 1 unspecified atom stereocenters. The standard InChI is InChI=1S/C11H19N3O2/c1-14(7-9(12)8-15-2)11-5-4-10(16-3)6-13-11/h4-6,9H,7-8,12H2,1-3H3. The third kappa shape index (κ3) is 3.67. The van der Waals surface area contributed by atoms with E-state index in [0.717, 1.165) is 11.6 Å². The van der Waals surface area contributed by atoms with Crippen molar-refractivity contribution in [1.82, 2.24) is 4.98 Å². The van der Waals surface area contributed by atoms with Crippen LogP contribution in [0.2, 0.25) is 0 Å². The summed E-state index contributed by atoms with van der Waals surface area (Å²) in [4.78, 5) is 6.26. The third-order valence-electron chi connectivity index (χ3n) is 2.24. The molecule has 1 rings (SSSR count). The molecule has 0 spiro atoms. The van der Waals surface area contributed by atoms with Gasteiger partial charge in [0, 0.05) is 26.7 Å². The lowest BCUT2D eigenvalue weighted by Crippen LogP contribution is -2.38. The minimum atomic E-state index is -0.0149. The first-order valence-electron chi connectivity index (χ1n) is 5.13. The molecular weight excluding hydrogens is 206 g/mol. The van der Waals surface area contributed by atoms with Gasteiger partial charge >= 0.3 is 0 Å². The Morgan fingerprint density at radius 1 is 1.44 bits per heavy atom. The molecule has 5 heteroatoms. The van der Waals surface area contributed by atoms with E-state index in [9.17, 15) is 0 Å². The number of pyridine rings is 1. The van der Waals surface area contributed by atoms with Gasteiger partial charge < -0.3 is 20.1 Å². The molecule has 5 nitrogen and oxygen atoms in total. The van der Waals surface area contributed by atoms with E-state index in [0.29, 0.717) is 13.2 Å². The molecule has 0 aromatic carbocycles. The SMILES string of the molecule is COCC(N)CN(C)c1ccc(OC)cn1. The van der Waals surface area contributed by atoms with Crippen LogP contribution in [0.15, 0.2) is 18.3 Å². The fourth-order valence-corrected chi connectivity index (χ4v) is 1.43. The maximum atomic E-state index is 5.86. The van der Waals surface area contributed by atoms with Crippen LogP contribution in [-0.4, -0.2) is 45.4 Å². The molecule has 0 aliphatic rings. The van der Waals surface area contributed by atoms with E-state index in [1.165, 1.54) is 0 Å². The predicted octanol–water partition coefficient (Wildman–Crippen LogP) is 0.500. The van der Waals surface area contributed by atoms with Crippen molar-refractivity contribution in [1.29, 1.82) is 0 Å². The van der Waals surface area contributed by atoms with Crippen LogP contribution in [0, 0.1) is 0 Å². The van der Waals surface area contributed by atoms with E-state index in [2.05, 4.69) is 4.98 Å². The van der Waals surface area contributed by atoms with Gasteiger partial charge in [0.15, 0.2) is 0 Å². The topological polar surface area (TPSA) is 60.6 Å². The summed E-state index contributed by atoms with van der Waals surface area (Å²) in [6.07, 6.45) is 1.69. The molecule has 0 aliphatic heterocycles. The first kappa shape index (κ1) is 12.7. The molecular formula is C11H19N3O2. The molecule has 0 saturated carbocycles. The summed E-state index contributed by atoms with van der Waals surface area (Å²) in [6.45, 7) is 1.24. The van der Waals surface area contributed by atoms with E-state index in [4.69, 9.17) is 15.2 Å². The quantitative estimate of drug-likeness (QED) is 0.764. The van der Waals surface area contributed by atoms with Gasteiger partial charge in [-0.25, -0.2) is 4.98 Å². The van der Waals surface area contributed by atoms with Crippen molar-refractivity contribution < 1.29 is 9.47 Å². The Morgan fingerprint density at radius 3 is 2.69 bits per heavy atom.